The van der Waals surface area contributed by atoms with Gasteiger partial charge in [-0.2, -0.15) is 0 Å². The van der Waals surface area contributed by atoms with E-state index in [-0.39, 0.29) is 5.56 Å². The predicted octanol–water partition coefficient (Wildman–Crippen LogP) is 4.44. The smallest absolute Gasteiger partial charge is 0.251 e. The SMILES string of the molecule is CCn1c(=O)ccc2c3cc4c(nc3ccc21)-c1cc(C)ccc1OC4. The zero-order valence-corrected chi connectivity index (χ0v) is 14.7. The van der Waals surface area contributed by atoms with E-state index in [4.69, 9.17) is 9.72 Å². The summed E-state index contributed by atoms with van der Waals surface area (Å²) in [5.74, 6) is 0.885. The zero-order valence-electron chi connectivity index (χ0n) is 14.7. The molecular weight excluding hydrogens is 324 g/mol. The van der Waals surface area contributed by atoms with Gasteiger partial charge in [-0.1, -0.05) is 11.6 Å². The molecule has 0 saturated carbocycles. The lowest BCUT2D eigenvalue weighted by molar-refractivity contribution is 0.301. The van der Waals surface area contributed by atoms with E-state index in [1.807, 2.05) is 31.2 Å². The molecule has 4 nitrogen and oxygen atoms in total. The van der Waals surface area contributed by atoms with Gasteiger partial charge in [-0.3, -0.25) is 4.79 Å². The summed E-state index contributed by atoms with van der Waals surface area (Å²) in [4.78, 5) is 17.1. The Hall–Kier alpha value is -3.14. The first-order chi connectivity index (χ1) is 12.7. The average molecular weight is 342 g/mol. The lowest BCUT2D eigenvalue weighted by Gasteiger charge is -2.21. The van der Waals surface area contributed by atoms with E-state index in [9.17, 15) is 4.79 Å². The third-order valence-electron chi connectivity index (χ3n) is 5.14. The van der Waals surface area contributed by atoms with Crippen molar-refractivity contribution in [1.82, 2.24) is 9.55 Å². The number of rotatable bonds is 1. The standard InChI is InChI=1S/C22H18N2O2/c1-3-24-19-7-6-18-16(15(19)5-9-21(24)25)11-14-12-26-20-8-4-13(2)10-17(20)22(14)23-18/h4-11H,3,12H2,1-2H3. The number of nitrogens with zero attached hydrogens (tertiary/aromatic N) is 2. The fourth-order valence-electron chi connectivity index (χ4n) is 3.85. The molecule has 0 radical (unpaired) electrons. The number of hydrogen-bond acceptors (Lipinski definition) is 3. The van der Waals surface area contributed by atoms with Crippen LogP contribution in [0.2, 0.25) is 0 Å². The lowest BCUT2D eigenvalue weighted by Crippen LogP contribution is -2.18. The number of aryl methyl sites for hydroxylation is 2. The van der Waals surface area contributed by atoms with Crippen molar-refractivity contribution in [3.05, 3.63) is 70.0 Å². The van der Waals surface area contributed by atoms with Gasteiger partial charge in [0.2, 0.25) is 0 Å². The summed E-state index contributed by atoms with van der Waals surface area (Å²) in [6.07, 6.45) is 0. The van der Waals surface area contributed by atoms with E-state index in [1.54, 1.807) is 10.6 Å². The molecule has 4 heteroatoms. The Morgan fingerprint density at radius 1 is 1.08 bits per heavy atom. The molecule has 0 aliphatic carbocycles. The van der Waals surface area contributed by atoms with Crippen molar-refractivity contribution in [3.8, 4) is 17.0 Å². The van der Waals surface area contributed by atoms with Gasteiger partial charge in [0.1, 0.15) is 12.4 Å². The van der Waals surface area contributed by atoms with Crippen molar-refractivity contribution in [3.63, 3.8) is 0 Å². The highest BCUT2D eigenvalue weighted by Gasteiger charge is 2.20. The zero-order chi connectivity index (χ0) is 17.8. The highest BCUT2D eigenvalue weighted by atomic mass is 16.5. The van der Waals surface area contributed by atoms with Gasteiger partial charge in [-0.25, -0.2) is 4.98 Å². The molecule has 1 aliphatic rings. The van der Waals surface area contributed by atoms with Crippen molar-refractivity contribution in [2.75, 3.05) is 0 Å². The van der Waals surface area contributed by atoms with Gasteiger partial charge in [0, 0.05) is 34.5 Å². The van der Waals surface area contributed by atoms with Gasteiger partial charge >= 0.3 is 0 Å². The molecule has 0 amide bonds. The maximum Gasteiger partial charge on any atom is 0.251 e. The Balaban J connectivity index is 1.85. The second-order valence-electron chi connectivity index (χ2n) is 6.77. The van der Waals surface area contributed by atoms with Crippen LogP contribution in [0.5, 0.6) is 5.75 Å². The summed E-state index contributed by atoms with van der Waals surface area (Å²) in [6, 6.07) is 15.9. The van der Waals surface area contributed by atoms with E-state index in [0.29, 0.717) is 13.2 Å². The maximum absolute atomic E-state index is 12.1. The fourth-order valence-corrected chi connectivity index (χ4v) is 3.85. The molecule has 26 heavy (non-hydrogen) atoms. The highest BCUT2D eigenvalue weighted by Crippen LogP contribution is 2.39. The van der Waals surface area contributed by atoms with Crippen molar-refractivity contribution >= 4 is 21.8 Å². The molecule has 2 aromatic heterocycles. The third kappa shape index (κ3) is 2.08. The first-order valence-electron chi connectivity index (χ1n) is 8.85. The third-order valence-corrected chi connectivity index (χ3v) is 5.14. The average Bonchev–Trinajstić information content (AvgIpc) is 2.66. The second kappa shape index (κ2) is 5.43. The number of benzene rings is 2. The van der Waals surface area contributed by atoms with E-state index < -0.39 is 0 Å². The van der Waals surface area contributed by atoms with E-state index in [2.05, 4.69) is 25.1 Å². The first-order valence-corrected chi connectivity index (χ1v) is 8.85. The fraction of sp³-hybridized carbons (Fsp3) is 0.182. The largest absolute Gasteiger partial charge is 0.488 e. The highest BCUT2D eigenvalue weighted by molar-refractivity contribution is 6.06. The summed E-state index contributed by atoms with van der Waals surface area (Å²) in [5, 5.41) is 2.11. The molecule has 4 aromatic rings. The Morgan fingerprint density at radius 3 is 2.81 bits per heavy atom. The normalized spacial score (nSPS) is 12.7. The van der Waals surface area contributed by atoms with E-state index >= 15 is 0 Å². The van der Waals surface area contributed by atoms with Gasteiger partial charge in [-0.15, -0.1) is 0 Å². The van der Waals surface area contributed by atoms with Crippen molar-refractivity contribution in [1.29, 1.82) is 0 Å². The molecule has 3 heterocycles. The minimum atomic E-state index is 0.0259. The van der Waals surface area contributed by atoms with E-state index in [1.165, 1.54) is 5.56 Å². The molecule has 1 aliphatic heterocycles. The Morgan fingerprint density at radius 2 is 1.96 bits per heavy atom. The maximum atomic E-state index is 12.1. The predicted molar refractivity (Wildman–Crippen MR) is 104 cm³/mol. The molecule has 0 bridgehead atoms. The van der Waals surface area contributed by atoms with E-state index in [0.717, 1.165) is 44.4 Å². The van der Waals surface area contributed by atoms with Gasteiger partial charge in [0.25, 0.3) is 5.56 Å². The monoisotopic (exact) mass is 342 g/mol. The molecule has 5 rings (SSSR count). The van der Waals surface area contributed by atoms with Crippen LogP contribution in [0.4, 0.5) is 0 Å². The number of pyridine rings is 2. The number of hydrogen-bond donors (Lipinski definition) is 0. The van der Waals surface area contributed by atoms with Crippen LogP contribution in [-0.4, -0.2) is 9.55 Å². The molecule has 0 fully saturated rings. The van der Waals surface area contributed by atoms with Crippen LogP contribution in [0.1, 0.15) is 18.1 Å². The lowest BCUT2D eigenvalue weighted by atomic mass is 9.98. The van der Waals surface area contributed by atoms with Crippen molar-refractivity contribution in [2.24, 2.45) is 0 Å². The molecule has 0 atom stereocenters. The molecule has 0 unspecified atom stereocenters. The Kier molecular flexibility index (Phi) is 3.16. The number of aromatic nitrogens is 2. The molecule has 2 aromatic carbocycles. The summed E-state index contributed by atoms with van der Waals surface area (Å²) in [7, 11) is 0. The molecule has 0 N–H and O–H groups in total. The molecule has 0 spiro atoms. The minimum Gasteiger partial charge on any atom is -0.488 e. The van der Waals surface area contributed by atoms with Crippen LogP contribution >= 0.6 is 0 Å². The Bertz CT molecular complexity index is 1250. The van der Waals surface area contributed by atoms with Crippen LogP contribution in [0.25, 0.3) is 33.1 Å². The van der Waals surface area contributed by atoms with Crippen LogP contribution in [-0.2, 0) is 13.2 Å². The topological polar surface area (TPSA) is 44.1 Å². The summed E-state index contributed by atoms with van der Waals surface area (Å²) in [5.41, 5.74) is 6.22. The summed E-state index contributed by atoms with van der Waals surface area (Å²) in [6.45, 7) is 5.23. The minimum absolute atomic E-state index is 0.0259. The van der Waals surface area contributed by atoms with Gasteiger partial charge in [0.05, 0.1) is 16.7 Å². The Labute approximate surface area is 150 Å². The molecule has 128 valence electrons. The summed E-state index contributed by atoms with van der Waals surface area (Å²) >= 11 is 0. The van der Waals surface area contributed by atoms with Crippen LogP contribution in [0.3, 0.4) is 0 Å². The van der Waals surface area contributed by atoms with Crippen LogP contribution < -0.4 is 10.3 Å². The molecule has 0 saturated heterocycles. The number of ether oxygens (including phenoxy) is 1. The van der Waals surface area contributed by atoms with Crippen LogP contribution in [0, 0.1) is 6.92 Å². The molecular formula is C22H18N2O2. The quantitative estimate of drug-likeness (QED) is 0.480. The van der Waals surface area contributed by atoms with Gasteiger partial charge < -0.3 is 9.30 Å². The van der Waals surface area contributed by atoms with Crippen molar-refractivity contribution in [2.45, 2.75) is 27.0 Å². The van der Waals surface area contributed by atoms with Crippen molar-refractivity contribution < 1.29 is 4.74 Å². The summed E-state index contributed by atoms with van der Waals surface area (Å²) < 4.78 is 7.73. The first kappa shape index (κ1) is 15.1. The van der Waals surface area contributed by atoms with Gasteiger partial charge in [-0.05, 0) is 50.2 Å². The second-order valence-corrected chi connectivity index (χ2v) is 6.77. The van der Waals surface area contributed by atoms with Crippen LogP contribution in [0.15, 0.2) is 53.3 Å². The van der Waals surface area contributed by atoms with Gasteiger partial charge in [0.15, 0.2) is 0 Å². The number of fused-ring (bicyclic) bond motifs is 6.